The molecule has 1 aromatic rings. The molecule has 0 spiro atoms. The first-order chi connectivity index (χ1) is 5.61. The molecule has 0 saturated heterocycles. The Bertz CT molecular complexity index is 254. The van der Waals surface area contributed by atoms with Crippen LogP contribution in [0, 0.1) is 0 Å². The molecule has 0 unspecified atom stereocenters. The first kappa shape index (κ1) is 9.81. The summed E-state index contributed by atoms with van der Waals surface area (Å²) in [5, 5.41) is 2.84. The second-order valence-corrected chi connectivity index (χ2v) is 3.43. The second kappa shape index (κ2) is 4.10. The maximum Gasteiger partial charge on any atom is 0.0466 e. The molecule has 4 heteroatoms. The standard InChI is InChI=1S/C8H10Cl2N2/c1-12(11)5-6-7(9)3-2-4-8(6)10/h2-4H,5,11H2,1H3. The van der Waals surface area contributed by atoms with Crippen LogP contribution in [0.3, 0.4) is 0 Å². The number of nitrogens with zero attached hydrogens (tertiary/aromatic N) is 1. The lowest BCUT2D eigenvalue weighted by Crippen LogP contribution is -2.25. The number of benzene rings is 1. The molecule has 0 aromatic heterocycles. The Hall–Kier alpha value is -0.280. The van der Waals surface area contributed by atoms with Gasteiger partial charge >= 0.3 is 0 Å². The summed E-state index contributed by atoms with van der Waals surface area (Å²) in [4.78, 5) is 0. The van der Waals surface area contributed by atoms with Crippen LogP contribution in [-0.2, 0) is 6.54 Å². The van der Waals surface area contributed by atoms with Crippen molar-refractivity contribution in [3.05, 3.63) is 33.8 Å². The summed E-state index contributed by atoms with van der Waals surface area (Å²) in [5.41, 5.74) is 0.867. The SMILES string of the molecule is CN(N)Cc1c(Cl)cccc1Cl. The van der Waals surface area contributed by atoms with Gasteiger partial charge in [0.15, 0.2) is 0 Å². The molecule has 0 amide bonds. The number of nitrogens with two attached hydrogens (primary N) is 1. The lowest BCUT2D eigenvalue weighted by molar-refractivity contribution is 0.342. The van der Waals surface area contributed by atoms with E-state index in [0.29, 0.717) is 16.6 Å². The average Bonchev–Trinajstić information content (AvgIpc) is 1.97. The van der Waals surface area contributed by atoms with E-state index in [9.17, 15) is 0 Å². The number of hydrazine groups is 1. The summed E-state index contributed by atoms with van der Waals surface area (Å²) in [5.74, 6) is 5.48. The van der Waals surface area contributed by atoms with Crippen LogP contribution in [0.4, 0.5) is 0 Å². The van der Waals surface area contributed by atoms with Crippen LogP contribution in [0.5, 0.6) is 0 Å². The topological polar surface area (TPSA) is 29.3 Å². The molecule has 0 heterocycles. The Balaban J connectivity index is 2.96. The fourth-order valence-corrected chi connectivity index (χ4v) is 1.45. The third-order valence-corrected chi connectivity index (χ3v) is 2.18. The highest BCUT2D eigenvalue weighted by Gasteiger charge is 2.05. The third-order valence-electron chi connectivity index (χ3n) is 1.47. The van der Waals surface area contributed by atoms with Crippen molar-refractivity contribution < 1.29 is 0 Å². The second-order valence-electron chi connectivity index (χ2n) is 2.62. The van der Waals surface area contributed by atoms with Crippen LogP contribution >= 0.6 is 23.2 Å². The zero-order chi connectivity index (χ0) is 9.14. The molecule has 66 valence electrons. The first-order valence-corrected chi connectivity index (χ1v) is 4.25. The molecular weight excluding hydrogens is 195 g/mol. The van der Waals surface area contributed by atoms with Crippen LogP contribution in [0.2, 0.25) is 10.0 Å². The van der Waals surface area contributed by atoms with Gasteiger partial charge in [-0.2, -0.15) is 0 Å². The quantitative estimate of drug-likeness (QED) is 0.592. The molecule has 0 radical (unpaired) electrons. The highest BCUT2D eigenvalue weighted by Crippen LogP contribution is 2.24. The monoisotopic (exact) mass is 204 g/mol. The molecule has 2 N–H and O–H groups in total. The van der Waals surface area contributed by atoms with Crippen molar-refractivity contribution in [2.24, 2.45) is 5.84 Å². The average molecular weight is 205 g/mol. The van der Waals surface area contributed by atoms with Crippen molar-refractivity contribution in [2.45, 2.75) is 6.54 Å². The lowest BCUT2D eigenvalue weighted by Gasteiger charge is -2.11. The van der Waals surface area contributed by atoms with Crippen LogP contribution < -0.4 is 5.84 Å². The van der Waals surface area contributed by atoms with Gasteiger partial charge in [-0.05, 0) is 12.1 Å². The molecule has 12 heavy (non-hydrogen) atoms. The van der Waals surface area contributed by atoms with Crippen molar-refractivity contribution in [1.29, 1.82) is 0 Å². The van der Waals surface area contributed by atoms with Gasteiger partial charge in [-0.25, -0.2) is 5.01 Å². The molecule has 1 rings (SSSR count). The zero-order valence-electron chi connectivity index (χ0n) is 6.72. The number of rotatable bonds is 2. The number of hydrogen-bond acceptors (Lipinski definition) is 2. The fourth-order valence-electron chi connectivity index (χ4n) is 0.933. The van der Waals surface area contributed by atoms with Crippen LogP contribution in [0.1, 0.15) is 5.56 Å². The fraction of sp³-hybridized carbons (Fsp3) is 0.250. The number of hydrogen-bond donors (Lipinski definition) is 1. The van der Waals surface area contributed by atoms with Crippen molar-refractivity contribution in [2.75, 3.05) is 7.05 Å². The highest BCUT2D eigenvalue weighted by atomic mass is 35.5. The van der Waals surface area contributed by atoms with Gasteiger partial charge in [0.1, 0.15) is 0 Å². The van der Waals surface area contributed by atoms with Gasteiger partial charge in [-0.15, -0.1) is 0 Å². The minimum absolute atomic E-state index is 0.554. The van der Waals surface area contributed by atoms with E-state index >= 15 is 0 Å². The van der Waals surface area contributed by atoms with Gasteiger partial charge in [0, 0.05) is 29.2 Å². The summed E-state index contributed by atoms with van der Waals surface area (Å²) in [7, 11) is 1.76. The Labute approximate surface area is 81.8 Å². The summed E-state index contributed by atoms with van der Waals surface area (Å²) >= 11 is 11.8. The largest absolute Gasteiger partial charge is 0.269 e. The van der Waals surface area contributed by atoms with E-state index in [-0.39, 0.29) is 0 Å². The summed E-state index contributed by atoms with van der Waals surface area (Å²) in [6.07, 6.45) is 0. The molecule has 0 saturated carbocycles. The Morgan fingerprint density at radius 1 is 1.33 bits per heavy atom. The van der Waals surface area contributed by atoms with Crippen LogP contribution in [0.15, 0.2) is 18.2 Å². The zero-order valence-corrected chi connectivity index (χ0v) is 8.23. The van der Waals surface area contributed by atoms with Gasteiger partial charge in [0.05, 0.1) is 0 Å². The predicted molar refractivity (Wildman–Crippen MR) is 52.1 cm³/mol. The number of halogens is 2. The van der Waals surface area contributed by atoms with Crippen LogP contribution in [-0.4, -0.2) is 12.1 Å². The van der Waals surface area contributed by atoms with E-state index in [2.05, 4.69) is 0 Å². The lowest BCUT2D eigenvalue weighted by atomic mass is 10.2. The van der Waals surface area contributed by atoms with E-state index in [1.165, 1.54) is 5.01 Å². The molecule has 0 aliphatic rings. The van der Waals surface area contributed by atoms with Gasteiger partial charge in [0.25, 0.3) is 0 Å². The van der Waals surface area contributed by atoms with Crippen molar-refractivity contribution in [3.63, 3.8) is 0 Å². The van der Waals surface area contributed by atoms with E-state index in [0.717, 1.165) is 5.56 Å². The summed E-state index contributed by atoms with van der Waals surface area (Å²) in [6, 6.07) is 5.41. The molecule has 2 nitrogen and oxygen atoms in total. The third kappa shape index (κ3) is 2.35. The molecule has 0 aliphatic heterocycles. The highest BCUT2D eigenvalue weighted by molar-refractivity contribution is 6.35. The molecule has 0 atom stereocenters. The smallest absolute Gasteiger partial charge is 0.0466 e. The predicted octanol–water partition coefficient (Wildman–Crippen LogP) is 2.30. The van der Waals surface area contributed by atoms with Gasteiger partial charge in [-0.1, -0.05) is 29.3 Å². The Kier molecular flexibility index (Phi) is 3.35. The van der Waals surface area contributed by atoms with Gasteiger partial charge in [-0.3, -0.25) is 5.84 Å². The van der Waals surface area contributed by atoms with Crippen molar-refractivity contribution >= 4 is 23.2 Å². The summed E-state index contributed by atoms with van der Waals surface area (Å²) in [6.45, 7) is 0.554. The molecular formula is C8H10Cl2N2. The van der Waals surface area contributed by atoms with Crippen LogP contribution in [0.25, 0.3) is 0 Å². The van der Waals surface area contributed by atoms with E-state index < -0.39 is 0 Å². The van der Waals surface area contributed by atoms with Gasteiger partial charge in [0.2, 0.25) is 0 Å². The molecule has 0 bridgehead atoms. The van der Waals surface area contributed by atoms with E-state index in [1.807, 2.05) is 6.07 Å². The maximum absolute atomic E-state index is 5.91. The molecule has 0 aliphatic carbocycles. The molecule has 0 fully saturated rings. The molecule has 1 aromatic carbocycles. The normalized spacial score (nSPS) is 10.8. The van der Waals surface area contributed by atoms with E-state index in [1.54, 1.807) is 19.2 Å². The Morgan fingerprint density at radius 2 is 1.83 bits per heavy atom. The summed E-state index contributed by atoms with van der Waals surface area (Å²) < 4.78 is 0. The minimum Gasteiger partial charge on any atom is -0.269 e. The first-order valence-electron chi connectivity index (χ1n) is 3.50. The van der Waals surface area contributed by atoms with Gasteiger partial charge < -0.3 is 0 Å². The Morgan fingerprint density at radius 3 is 2.25 bits per heavy atom. The van der Waals surface area contributed by atoms with Crippen molar-refractivity contribution in [3.8, 4) is 0 Å². The van der Waals surface area contributed by atoms with E-state index in [4.69, 9.17) is 29.0 Å². The maximum atomic E-state index is 5.91. The van der Waals surface area contributed by atoms with Crippen molar-refractivity contribution in [1.82, 2.24) is 5.01 Å². The minimum atomic E-state index is 0.554.